The summed E-state index contributed by atoms with van der Waals surface area (Å²) < 4.78 is 40.6. The lowest BCUT2D eigenvalue weighted by Crippen LogP contribution is -2.17. The van der Waals surface area contributed by atoms with Gasteiger partial charge in [-0.15, -0.1) is 13.2 Å². The molecule has 2 aromatic rings. The normalized spacial score (nSPS) is 11.2. The van der Waals surface area contributed by atoms with E-state index in [1.54, 1.807) is 6.07 Å². The van der Waals surface area contributed by atoms with Crippen molar-refractivity contribution in [2.45, 2.75) is 6.36 Å². The molecule has 0 atom stereocenters. The topological polar surface area (TPSA) is 47.0 Å². The van der Waals surface area contributed by atoms with E-state index in [4.69, 9.17) is 11.6 Å². The van der Waals surface area contributed by atoms with Crippen molar-refractivity contribution in [3.05, 3.63) is 41.8 Å². The molecule has 19 heavy (non-hydrogen) atoms. The molecule has 0 radical (unpaired) electrons. The van der Waals surface area contributed by atoms with E-state index in [1.165, 1.54) is 30.6 Å². The van der Waals surface area contributed by atoms with Gasteiger partial charge >= 0.3 is 6.36 Å². The zero-order chi connectivity index (χ0) is 13.9. The second-order valence-electron chi connectivity index (χ2n) is 3.36. The van der Waals surface area contributed by atoms with Crippen LogP contribution < -0.4 is 10.1 Å². The van der Waals surface area contributed by atoms with Gasteiger partial charge in [-0.2, -0.15) is 0 Å². The minimum atomic E-state index is -4.77. The fourth-order valence-electron chi connectivity index (χ4n) is 1.32. The lowest BCUT2D eigenvalue weighted by Gasteiger charge is -2.14. The Hall–Kier alpha value is -2.02. The van der Waals surface area contributed by atoms with Gasteiger partial charge in [0.15, 0.2) is 16.7 Å². The maximum absolute atomic E-state index is 12.2. The second kappa shape index (κ2) is 5.31. The number of rotatable bonds is 3. The van der Waals surface area contributed by atoms with E-state index < -0.39 is 6.36 Å². The number of hydrogen-bond donors (Lipinski definition) is 1. The van der Waals surface area contributed by atoms with Gasteiger partial charge in [0.2, 0.25) is 0 Å². The molecule has 1 N–H and O–H groups in total. The number of halogens is 4. The van der Waals surface area contributed by atoms with E-state index in [2.05, 4.69) is 20.0 Å². The number of anilines is 2. The minimum Gasteiger partial charge on any atom is -0.404 e. The Morgan fingerprint density at radius 3 is 2.47 bits per heavy atom. The van der Waals surface area contributed by atoms with Crippen molar-refractivity contribution in [3.63, 3.8) is 0 Å². The van der Waals surface area contributed by atoms with Crippen molar-refractivity contribution in [2.75, 3.05) is 5.32 Å². The van der Waals surface area contributed by atoms with Crippen LogP contribution >= 0.6 is 11.6 Å². The predicted octanol–water partition coefficient (Wildman–Crippen LogP) is 3.77. The Balaban J connectivity index is 2.28. The molecule has 0 aliphatic carbocycles. The third-order valence-electron chi connectivity index (χ3n) is 2.02. The molecule has 0 unspecified atom stereocenters. The summed E-state index contributed by atoms with van der Waals surface area (Å²) in [5.41, 5.74) is 0.0854. The average Bonchev–Trinajstić information content (AvgIpc) is 2.33. The third-order valence-corrected chi connectivity index (χ3v) is 2.30. The number of nitrogens with one attached hydrogen (secondary N) is 1. The van der Waals surface area contributed by atoms with Crippen LogP contribution in [-0.2, 0) is 0 Å². The van der Waals surface area contributed by atoms with Crippen molar-refractivity contribution in [1.29, 1.82) is 0 Å². The van der Waals surface area contributed by atoms with E-state index in [0.29, 0.717) is 0 Å². The van der Waals surface area contributed by atoms with Crippen molar-refractivity contribution in [2.24, 2.45) is 0 Å². The van der Waals surface area contributed by atoms with E-state index in [9.17, 15) is 13.2 Å². The summed E-state index contributed by atoms with van der Waals surface area (Å²) >= 11 is 5.76. The molecule has 0 amide bonds. The maximum Gasteiger partial charge on any atom is 0.573 e. The van der Waals surface area contributed by atoms with Gasteiger partial charge in [0, 0.05) is 12.4 Å². The van der Waals surface area contributed by atoms with E-state index >= 15 is 0 Å². The second-order valence-corrected chi connectivity index (χ2v) is 3.72. The van der Waals surface area contributed by atoms with E-state index in [0.717, 1.165) is 0 Å². The summed E-state index contributed by atoms with van der Waals surface area (Å²) in [5.74, 6) is -0.237. The molecule has 0 fully saturated rings. The number of benzene rings is 1. The van der Waals surface area contributed by atoms with Crippen LogP contribution in [0.3, 0.4) is 0 Å². The molecule has 0 saturated heterocycles. The Morgan fingerprint density at radius 2 is 1.79 bits per heavy atom. The molecule has 0 bridgehead atoms. The van der Waals surface area contributed by atoms with Crippen molar-refractivity contribution < 1.29 is 17.9 Å². The maximum atomic E-state index is 12.2. The molecule has 0 aliphatic rings. The molecule has 0 aliphatic heterocycles. The lowest BCUT2D eigenvalue weighted by atomic mass is 10.3. The summed E-state index contributed by atoms with van der Waals surface area (Å²) in [6, 6.07) is 5.56. The predicted molar refractivity (Wildman–Crippen MR) is 63.4 cm³/mol. The summed E-state index contributed by atoms with van der Waals surface area (Å²) in [6.07, 6.45) is -2.04. The van der Waals surface area contributed by atoms with Gasteiger partial charge in [0.05, 0.1) is 5.69 Å². The molecule has 0 saturated carbocycles. The van der Waals surface area contributed by atoms with Gasteiger partial charge < -0.3 is 10.1 Å². The van der Waals surface area contributed by atoms with Crippen LogP contribution in [0, 0.1) is 0 Å². The zero-order valence-electron chi connectivity index (χ0n) is 9.28. The van der Waals surface area contributed by atoms with Gasteiger partial charge in [0.1, 0.15) is 0 Å². The van der Waals surface area contributed by atoms with Crippen molar-refractivity contribution in [3.8, 4) is 5.75 Å². The average molecular weight is 290 g/mol. The number of hydrogen-bond acceptors (Lipinski definition) is 4. The molecule has 1 aromatic carbocycles. The molecular formula is C11H7ClF3N3O. The molecule has 8 heteroatoms. The number of alkyl halides is 3. The van der Waals surface area contributed by atoms with Crippen LogP contribution in [-0.4, -0.2) is 16.3 Å². The van der Waals surface area contributed by atoms with Gasteiger partial charge in [-0.05, 0) is 12.1 Å². The van der Waals surface area contributed by atoms with Crippen LogP contribution in [0.25, 0.3) is 0 Å². The van der Waals surface area contributed by atoms with Gasteiger partial charge in [-0.1, -0.05) is 23.7 Å². The fourth-order valence-corrected chi connectivity index (χ4v) is 1.47. The Labute approximate surface area is 111 Å². The highest BCUT2D eigenvalue weighted by molar-refractivity contribution is 6.31. The van der Waals surface area contributed by atoms with Crippen LogP contribution in [0.5, 0.6) is 5.75 Å². The van der Waals surface area contributed by atoms with E-state index in [1.807, 2.05) is 0 Å². The Bertz CT molecular complexity index is 577. The first-order valence-corrected chi connectivity index (χ1v) is 5.42. The fraction of sp³-hybridized carbons (Fsp3) is 0.0909. The smallest absolute Gasteiger partial charge is 0.404 e. The van der Waals surface area contributed by atoms with Crippen LogP contribution in [0.4, 0.5) is 24.7 Å². The number of aromatic nitrogens is 2. The van der Waals surface area contributed by atoms with Crippen molar-refractivity contribution >= 4 is 23.1 Å². The zero-order valence-corrected chi connectivity index (χ0v) is 10.0. The first-order chi connectivity index (χ1) is 8.96. The molecule has 4 nitrogen and oxygen atoms in total. The van der Waals surface area contributed by atoms with Gasteiger partial charge in [-0.3, -0.25) is 0 Å². The first kappa shape index (κ1) is 13.4. The highest BCUT2D eigenvalue weighted by atomic mass is 35.5. The first-order valence-electron chi connectivity index (χ1n) is 5.04. The molecular weight excluding hydrogens is 283 g/mol. The summed E-state index contributed by atoms with van der Waals surface area (Å²) in [5, 5.41) is 2.68. The number of nitrogens with zero attached hydrogens (tertiary/aromatic N) is 2. The molecule has 2 rings (SSSR count). The molecule has 100 valence electrons. The van der Waals surface area contributed by atoms with Crippen LogP contribution in [0.1, 0.15) is 0 Å². The van der Waals surface area contributed by atoms with E-state index in [-0.39, 0.29) is 22.4 Å². The molecule has 0 spiro atoms. The third kappa shape index (κ3) is 3.72. The monoisotopic (exact) mass is 289 g/mol. The quantitative estimate of drug-likeness (QED) is 0.934. The lowest BCUT2D eigenvalue weighted by molar-refractivity contribution is -0.274. The Kier molecular flexibility index (Phi) is 3.75. The van der Waals surface area contributed by atoms with Crippen molar-refractivity contribution in [1.82, 2.24) is 9.97 Å². The number of para-hydroxylation sites is 2. The molecule has 1 heterocycles. The standard InChI is InChI=1S/C11H7ClF3N3O/c12-9-10(17-6-5-16-9)18-7-3-1-2-4-8(7)19-11(13,14)15/h1-6H,(H,17,18). The summed E-state index contributed by atoms with van der Waals surface area (Å²) in [7, 11) is 0. The molecule has 1 aromatic heterocycles. The van der Waals surface area contributed by atoms with Gasteiger partial charge in [-0.25, -0.2) is 9.97 Å². The largest absolute Gasteiger partial charge is 0.573 e. The summed E-state index contributed by atoms with van der Waals surface area (Å²) in [6.45, 7) is 0. The minimum absolute atomic E-state index is 0.0457. The highest BCUT2D eigenvalue weighted by Gasteiger charge is 2.32. The SMILES string of the molecule is FC(F)(F)Oc1ccccc1Nc1nccnc1Cl. The van der Waals surface area contributed by atoms with Gasteiger partial charge in [0.25, 0.3) is 0 Å². The van der Waals surface area contributed by atoms with Crippen LogP contribution in [0.2, 0.25) is 5.15 Å². The number of ether oxygens (including phenoxy) is 1. The highest BCUT2D eigenvalue weighted by Crippen LogP contribution is 2.32. The Morgan fingerprint density at radius 1 is 1.11 bits per heavy atom. The summed E-state index contributed by atoms with van der Waals surface area (Å²) in [4.78, 5) is 7.63. The van der Waals surface area contributed by atoms with Crippen LogP contribution in [0.15, 0.2) is 36.7 Å².